The molecule has 1 aromatic carbocycles. The fraction of sp³-hybridized carbons (Fsp3) is 0.741. The third-order valence-corrected chi connectivity index (χ3v) is 5.62. The Morgan fingerprint density at radius 1 is 0.645 bits per heavy atom. The molecule has 4 heteroatoms. The second kappa shape index (κ2) is 20.4. The van der Waals surface area contributed by atoms with Crippen molar-refractivity contribution in [3.63, 3.8) is 0 Å². The van der Waals surface area contributed by atoms with Crippen molar-refractivity contribution >= 4 is 5.97 Å². The van der Waals surface area contributed by atoms with Crippen molar-refractivity contribution in [3.05, 3.63) is 29.8 Å². The fourth-order valence-corrected chi connectivity index (χ4v) is 3.71. The zero-order chi connectivity index (χ0) is 22.4. The van der Waals surface area contributed by atoms with E-state index in [1.165, 1.54) is 89.9 Å². The Hall–Kier alpha value is -1.55. The van der Waals surface area contributed by atoms with Gasteiger partial charge in [0.1, 0.15) is 5.75 Å². The van der Waals surface area contributed by atoms with E-state index in [0.29, 0.717) is 18.8 Å². The first-order valence-corrected chi connectivity index (χ1v) is 12.8. The first-order chi connectivity index (χ1) is 15.3. The highest BCUT2D eigenvalue weighted by atomic mass is 17.2. The van der Waals surface area contributed by atoms with Gasteiger partial charge in [0.05, 0.1) is 18.8 Å². The van der Waals surface area contributed by atoms with Crippen LogP contribution >= 0.6 is 0 Å². The molecule has 0 N–H and O–H groups in total. The first-order valence-electron chi connectivity index (χ1n) is 12.8. The zero-order valence-electron chi connectivity index (χ0n) is 20.2. The monoisotopic (exact) mass is 434 g/mol. The number of ether oxygens (including phenoxy) is 1. The van der Waals surface area contributed by atoms with Crippen LogP contribution in [0.3, 0.4) is 0 Å². The lowest BCUT2D eigenvalue weighted by Crippen LogP contribution is -2.07. The highest BCUT2D eigenvalue weighted by molar-refractivity contribution is 5.89. The third kappa shape index (κ3) is 15.8. The molecule has 0 aliphatic carbocycles. The molecule has 0 atom stereocenters. The van der Waals surface area contributed by atoms with E-state index in [1.54, 1.807) is 24.3 Å². The van der Waals surface area contributed by atoms with Gasteiger partial charge in [0.25, 0.3) is 0 Å². The second-order valence-electron chi connectivity index (χ2n) is 8.45. The normalized spacial score (nSPS) is 10.9. The summed E-state index contributed by atoms with van der Waals surface area (Å²) in [6.07, 6.45) is 21.4. The Labute approximate surface area is 191 Å². The first kappa shape index (κ1) is 27.5. The van der Waals surface area contributed by atoms with E-state index in [2.05, 4.69) is 6.92 Å². The summed E-state index contributed by atoms with van der Waals surface area (Å²) in [4.78, 5) is 21.8. The van der Waals surface area contributed by atoms with Crippen LogP contribution in [0.1, 0.15) is 127 Å². The SMILES string of the molecule is CCCCCCCCCCCCCCCCCCOOC(=O)c1ccc(OCC)cc1. The molecule has 0 saturated heterocycles. The zero-order valence-corrected chi connectivity index (χ0v) is 20.2. The van der Waals surface area contributed by atoms with E-state index in [4.69, 9.17) is 14.5 Å². The van der Waals surface area contributed by atoms with Gasteiger partial charge in [-0.25, -0.2) is 4.79 Å². The molecule has 0 aliphatic heterocycles. The molecule has 0 unspecified atom stereocenters. The summed E-state index contributed by atoms with van der Waals surface area (Å²) in [7, 11) is 0. The van der Waals surface area contributed by atoms with Crippen LogP contribution in [0.25, 0.3) is 0 Å². The van der Waals surface area contributed by atoms with Crippen molar-refractivity contribution in [2.75, 3.05) is 13.2 Å². The summed E-state index contributed by atoms with van der Waals surface area (Å²) < 4.78 is 5.36. The molecule has 1 rings (SSSR count). The molecular weight excluding hydrogens is 388 g/mol. The summed E-state index contributed by atoms with van der Waals surface area (Å²) in [5.41, 5.74) is 0.468. The molecule has 0 spiro atoms. The van der Waals surface area contributed by atoms with E-state index >= 15 is 0 Å². The van der Waals surface area contributed by atoms with Crippen molar-refractivity contribution < 1.29 is 19.3 Å². The van der Waals surface area contributed by atoms with E-state index in [0.717, 1.165) is 18.6 Å². The summed E-state index contributed by atoms with van der Waals surface area (Å²) in [5.74, 6) is 0.285. The van der Waals surface area contributed by atoms with Gasteiger partial charge in [0, 0.05) is 0 Å². The average Bonchev–Trinajstić information content (AvgIpc) is 2.79. The maximum Gasteiger partial charge on any atom is 0.373 e. The van der Waals surface area contributed by atoms with E-state index in [9.17, 15) is 4.79 Å². The van der Waals surface area contributed by atoms with Crippen LogP contribution in [0.4, 0.5) is 0 Å². The van der Waals surface area contributed by atoms with Gasteiger partial charge in [-0.1, -0.05) is 103 Å². The Balaban J connectivity index is 1.82. The maximum absolute atomic E-state index is 11.9. The molecule has 0 amide bonds. The van der Waals surface area contributed by atoms with Gasteiger partial charge in [-0.05, 0) is 37.6 Å². The molecule has 0 radical (unpaired) electrons. The largest absolute Gasteiger partial charge is 0.494 e. The van der Waals surface area contributed by atoms with Gasteiger partial charge < -0.3 is 4.74 Å². The van der Waals surface area contributed by atoms with Gasteiger partial charge >= 0.3 is 5.97 Å². The number of carbonyl (C=O) groups is 1. The smallest absolute Gasteiger partial charge is 0.373 e. The van der Waals surface area contributed by atoms with Gasteiger partial charge in [-0.3, -0.25) is 4.89 Å². The van der Waals surface area contributed by atoms with Crippen LogP contribution < -0.4 is 4.74 Å². The molecule has 0 heterocycles. The van der Waals surface area contributed by atoms with Crippen LogP contribution in [-0.2, 0) is 9.78 Å². The van der Waals surface area contributed by atoms with Gasteiger partial charge in [0.2, 0.25) is 0 Å². The van der Waals surface area contributed by atoms with Crippen LogP contribution in [-0.4, -0.2) is 19.2 Å². The van der Waals surface area contributed by atoms with Gasteiger partial charge in [-0.15, -0.1) is 0 Å². The highest BCUT2D eigenvalue weighted by Gasteiger charge is 2.08. The van der Waals surface area contributed by atoms with E-state index < -0.39 is 5.97 Å². The Kier molecular flexibility index (Phi) is 18.0. The molecular formula is C27H46O4. The highest BCUT2D eigenvalue weighted by Crippen LogP contribution is 2.15. The Morgan fingerprint density at radius 2 is 1.10 bits per heavy atom. The summed E-state index contributed by atoms with van der Waals surface area (Å²) in [5, 5.41) is 0. The van der Waals surface area contributed by atoms with Crippen molar-refractivity contribution in [3.8, 4) is 5.75 Å². The number of hydrogen-bond donors (Lipinski definition) is 0. The number of carbonyl (C=O) groups excluding carboxylic acids is 1. The van der Waals surface area contributed by atoms with E-state index in [-0.39, 0.29) is 0 Å². The lowest BCUT2D eigenvalue weighted by atomic mass is 10.0. The maximum atomic E-state index is 11.9. The lowest BCUT2D eigenvalue weighted by molar-refractivity contribution is -0.241. The minimum Gasteiger partial charge on any atom is -0.494 e. The summed E-state index contributed by atoms with van der Waals surface area (Å²) >= 11 is 0. The van der Waals surface area contributed by atoms with Crippen LogP contribution in [0.2, 0.25) is 0 Å². The molecule has 0 aromatic heterocycles. The van der Waals surface area contributed by atoms with Gasteiger partial charge in [0.15, 0.2) is 0 Å². The molecule has 0 saturated carbocycles. The summed E-state index contributed by atoms with van der Waals surface area (Å²) in [6.45, 7) is 5.27. The van der Waals surface area contributed by atoms with Crippen LogP contribution in [0.5, 0.6) is 5.75 Å². The summed E-state index contributed by atoms with van der Waals surface area (Å²) in [6, 6.07) is 6.89. The molecule has 1 aromatic rings. The molecule has 0 aliphatic rings. The molecule has 0 bridgehead atoms. The number of hydrogen-bond acceptors (Lipinski definition) is 4. The van der Waals surface area contributed by atoms with Crippen LogP contribution in [0.15, 0.2) is 24.3 Å². The Bertz CT molecular complexity index is 527. The number of benzene rings is 1. The fourth-order valence-electron chi connectivity index (χ4n) is 3.71. The molecule has 178 valence electrons. The predicted molar refractivity (Wildman–Crippen MR) is 129 cm³/mol. The molecule has 31 heavy (non-hydrogen) atoms. The minimum absolute atomic E-state index is 0.459. The quantitative estimate of drug-likeness (QED) is 0.111. The van der Waals surface area contributed by atoms with Crippen molar-refractivity contribution in [1.82, 2.24) is 0 Å². The predicted octanol–water partition coefficient (Wildman–Crippen LogP) is 8.44. The number of unbranched alkanes of at least 4 members (excludes halogenated alkanes) is 15. The minimum atomic E-state index is -0.459. The van der Waals surface area contributed by atoms with Crippen molar-refractivity contribution in [1.29, 1.82) is 0 Å². The van der Waals surface area contributed by atoms with Crippen molar-refractivity contribution in [2.24, 2.45) is 0 Å². The standard InChI is InChI=1S/C27H46O4/c1-3-5-6-7-8-9-10-11-12-13-14-15-16-17-18-19-24-30-31-27(28)25-20-22-26(23-21-25)29-4-2/h20-23H,3-19,24H2,1-2H3. The molecule has 4 nitrogen and oxygen atoms in total. The lowest BCUT2D eigenvalue weighted by Gasteiger charge is -2.06. The van der Waals surface area contributed by atoms with E-state index in [1.807, 2.05) is 6.92 Å². The van der Waals surface area contributed by atoms with Gasteiger partial charge in [-0.2, -0.15) is 4.89 Å². The van der Waals surface area contributed by atoms with Crippen molar-refractivity contribution in [2.45, 2.75) is 117 Å². The Morgan fingerprint density at radius 3 is 1.55 bits per heavy atom. The average molecular weight is 435 g/mol. The molecule has 0 fully saturated rings. The third-order valence-electron chi connectivity index (χ3n) is 5.62. The number of rotatable bonds is 21. The van der Waals surface area contributed by atoms with Crippen LogP contribution in [0, 0.1) is 0 Å². The topological polar surface area (TPSA) is 44.8 Å². The second-order valence-corrected chi connectivity index (χ2v) is 8.45.